The summed E-state index contributed by atoms with van der Waals surface area (Å²) in [6, 6.07) is 7.98. The molecule has 0 unspecified atom stereocenters. The van der Waals surface area contributed by atoms with E-state index in [9.17, 15) is 4.79 Å². The fraction of sp³-hybridized carbons (Fsp3) is 0.476. The Labute approximate surface area is 155 Å². The first-order valence-corrected chi connectivity index (χ1v) is 9.62. The van der Waals surface area contributed by atoms with E-state index < -0.39 is 0 Å². The Morgan fingerprint density at radius 2 is 1.96 bits per heavy atom. The molecular formula is C21H28N4O. The van der Waals surface area contributed by atoms with Gasteiger partial charge in [-0.25, -0.2) is 9.97 Å². The van der Waals surface area contributed by atoms with E-state index in [0.717, 1.165) is 34.9 Å². The maximum absolute atomic E-state index is 12.5. The first-order valence-electron chi connectivity index (χ1n) is 9.62. The Balaban J connectivity index is 1.69. The molecule has 1 amide bonds. The summed E-state index contributed by atoms with van der Waals surface area (Å²) in [6.45, 7) is 4.04. The van der Waals surface area contributed by atoms with Crippen LogP contribution in [0.4, 0.5) is 17.2 Å². The molecule has 1 aromatic carbocycles. The second-order valence-electron chi connectivity index (χ2n) is 7.15. The molecule has 0 radical (unpaired) electrons. The zero-order chi connectivity index (χ0) is 18.4. The average molecular weight is 352 g/mol. The van der Waals surface area contributed by atoms with Gasteiger partial charge < -0.3 is 10.6 Å². The van der Waals surface area contributed by atoms with E-state index in [4.69, 9.17) is 0 Å². The van der Waals surface area contributed by atoms with Crippen LogP contribution >= 0.6 is 0 Å². The first kappa shape index (κ1) is 18.4. The second kappa shape index (κ2) is 8.79. The van der Waals surface area contributed by atoms with E-state index in [-0.39, 0.29) is 5.91 Å². The van der Waals surface area contributed by atoms with Gasteiger partial charge in [0.15, 0.2) is 0 Å². The van der Waals surface area contributed by atoms with Crippen LogP contribution in [-0.2, 0) is 11.2 Å². The van der Waals surface area contributed by atoms with Crippen molar-refractivity contribution in [2.24, 2.45) is 5.92 Å². The summed E-state index contributed by atoms with van der Waals surface area (Å²) in [4.78, 5) is 20.9. The molecule has 2 aromatic rings. The predicted molar refractivity (Wildman–Crippen MR) is 106 cm³/mol. The third-order valence-electron chi connectivity index (χ3n) is 5.04. The molecule has 26 heavy (non-hydrogen) atoms. The fourth-order valence-corrected chi connectivity index (χ4v) is 3.60. The minimum atomic E-state index is 0.127. The van der Waals surface area contributed by atoms with Crippen LogP contribution in [0.5, 0.6) is 0 Å². The van der Waals surface area contributed by atoms with Crippen molar-refractivity contribution in [2.75, 3.05) is 10.6 Å². The zero-order valence-electron chi connectivity index (χ0n) is 15.7. The van der Waals surface area contributed by atoms with Gasteiger partial charge >= 0.3 is 0 Å². The SMILES string of the molecule is CCc1ccc(Nc2cc(C)ncn2)cc1NC(=O)CC1CCCCC1. The average Bonchev–Trinajstić information content (AvgIpc) is 2.63. The molecule has 0 bridgehead atoms. The van der Waals surface area contributed by atoms with Crippen LogP contribution in [0.15, 0.2) is 30.6 Å². The minimum Gasteiger partial charge on any atom is -0.340 e. The summed E-state index contributed by atoms with van der Waals surface area (Å²) in [5.74, 6) is 1.42. The third kappa shape index (κ3) is 5.04. The third-order valence-corrected chi connectivity index (χ3v) is 5.04. The van der Waals surface area contributed by atoms with E-state index in [1.54, 1.807) is 6.33 Å². The smallest absolute Gasteiger partial charge is 0.224 e. The largest absolute Gasteiger partial charge is 0.340 e. The van der Waals surface area contributed by atoms with Gasteiger partial charge in [-0.2, -0.15) is 0 Å². The van der Waals surface area contributed by atoms with Gasteiger partial charge in [-0.05, 0) is 49.8 Å². The van der Waals surface area contributed by atoms with Crippen LogP contribution in [0.2, 0.25) is 0 Å². The molecule has 1 aliphatic carbocycles. The monoisotopic (exact) mass is 352 g/mol. The van der Waals surface area contributed by atoms with Gasteiger partial charge in [-0.15, -0.1) is 0 Å². The molecule has 5 heteroatoms. The number of hydrogen-bond donors (Lipinski definition) is 2. The highest BCUT2D eigenvalue weighted by molar-refractivity contribution is 5.92. The summed E-state index contributed by atoms with van der Waals surface area (Å²) < 4.78 is 0. The molecule has 0 spiro atoms. The van der Waals surface area contributed by atoms with Crippen LogP contribution in [0.1, 0.15) is 56.7 Å². The minimum absolute atomic E-state index is 0.127. The van der Waals surface area contributed by atoms with Crippen molar-refractivity contribution in [3.8, 4) is 0 Å². The highest BCUT2D eigenvalue weighted by Gasteiger charge is 2.17. The van der Waals surface area contributed by atoms with Crippen LogP contribution in [0, 0.1) is 12.8 Å². The predicted octanol–water partition coefficient (Wildman–Crippen LogP) is 5.00. The summed E-state index contributed by atoms with van der Waals surface area (Å²) in [5, 5.41) is 6.42. The fourth-order valence-electron chi connectivity index (χ4n) is 3.60. The maximum Gasteiger partial charge on any atom is 0.224 e. The molecule has 1 fully saturated rings. The maximum atomic E-state index is 12.5. The molecule has 2 N–H and O–H groups in total. The van der Waals surface area contributed by atoms with Crippen molar-refractivity contribution in [3.05, 3.63) is 41.9 Å². The molecule has 0 atom stereocenters. The number of aryl methyl sites for hydroxylation is 2. The number of nitrogens with one attached hydrogen (secondary N) is 2. The van der Waals surface area contributed by atoms with Gasteiger partial charge in [-0.3, -0.25) is 4.79 Å². The van der Waals surface area contributed by atoms with Gasteiger partial charge in [0.1, 0.15) is 12.1 Å². The molecule has 138 valence electrons. The van der Waals surface area contributed by atoms with Gasteiger partial charge in [0, 0.05) is 29.6 Å². The zero-order valence-corrected chi connectivity index (χ0v) is 15.7. The number of aromatic nitrogens is 2. The number of carbonyl (C=O) groups is 1. The van der Waals surface area contributed by atoms with Crippen molar-refractivity contribution >= 4 is 23.1 Å². The Kier molecular flexibility index (Phi) is 6.21. The van der Waals surface area contributed by atoms with Crippen molar-refractivity contribution in [1.82, 2.24) is 9.97 Å². The van der Waals surface area contributed by atoms with E-state index in [1.165, 1.54) is 32.1 Å². The molecule has 0 aliphatic heterocycles. The summed E-state index contributed by atoms with van der Waals surface area (Å²) in [7, 11) is 0. The van der Waals surface area contributed by atoms with Crippen LogP contribution in [-0.4, -0.2) is 15.9 Å². The van der Waals surface area contributed by atoms with E-state index in [1.807, 2.05) is 25.1 Å². The highest BCUT2D eigenvalue weighted by Crippen LogP contribution is 2.28. The molecule has 1 saturated carbocycles. The quantitative estimate of drug-likeness (QED) is 0.768. The summed E-state index contributed by atoms with van der Waals surface area (Å²) in [6.07, 6.45) is 9.26. The van der Waals surface area contributed by atoms with Crippen molar-refractivity contribution in [2.45, 2.75) is 58.8 Å². The number of nitrogens with zero attached hydrogens (tertiary/aromatic N) is 2. The van der Waals surface area contributed by atoms with Crippen molar-refractivity contribution in [3.63, 3.8) is 0 Å². The van der Waals surface area contributed by atoms with Gasteiger partial charge in [0.05, 0.1) is 0 Å². The molecule has 0 saturated heterocycles. The second-order valence-corrected chi connectivity index (χ2v) is 7.15. The van der Waals surface area contributed by atoms with Crippen LogP contribution in [0.25, 0.3) is 0 Å². The molecular weight excluding hydrogens is 324 g/mol. The Morgan fingerprint density at radius 3 is 2.69 bits per heavy atom. The molecule has 5 nitrogen and oxygen atoms in total. The van der Waals surface area contributed by atoms with Gasteiger partial charge in [0.2, 0.25) is 5.91 Å². The van der Waals surface area contributed by atoms with Crippen molar-refractivity contribution in [1.29, 1.82) is 0 Å². The summed E-state index contributed by atoms with van der Waals surface area (Å²) in [5.41, 5.74) is 3.86. The Morgan fingerprint density at radius 1 is 1.15 bits per heavy atom. The van der Waals surface area contributed by atoms with Crippen LogP contribution < -0.4 is 10.6 Å². The number of rotatable bonds is 6. The van der Waals surface area contributed by atoms with Crippen LogP contribution in [0.3, 0.4) is 0 Å². The molecule has 1 aromatic heterocycles. The molecule has 1 heterocycles. The lowest BCUT2D eigenvalue weighted by Crippen LogP contribution is -2.19. The van der Waals surface area contributed by atoms with Crippen molar-refractivity contribution < 1.29 is 4.79 Å². The number of hydrogen-bond acceptors (Lipinski definition) is 4. The number of anilines is 3. The van der Waals surface area contributed by atoms with Gasteiger partial charge in [-0.1, -0.05) is 32.3 Å². The van der Waals surface area contributed by atoms with Gasteiger partial charge in [0.25, 0.3) is 0 Å². The number of benzene rings is 1. The summed E-state index contributed by atoms with van der Waals surface area (Å²) >= 11 is 0. The highest BCUT2D eigenvalue weighted by atomic mass is 16.1. The van der Waals surface area contributed by atoms with E-state index in [0.29, 0.717) is 12.3 Å². The Hall–Kier alpha value is -2.43. The molecule has 1 aliphatic rings. The first-order chi connectivity index (χ1) is 12.6. The Bertz CT molecular complexity index is 753. The lowest BCUT2D eigenvalue weighted by atomic mass is 9.87. The number of amides is 1. The number of carbonyl (C=O) groups excluding carboxylic acids is 1. The lowest BCUT2D eigenvalue weighted by molar-refractivity contribution is -0.117. The van der Waals surface area contributed by atoms with E-state index in [2.05, 4.69) is 33.6 Å². The molecule has 3 rings (SSSR count). The standard InChI is InChI=1S/C21H28N4O/c1-3-17-9-10-18(24-20-11-15(2)22-14-23-20)13-19(17)25-21(26)12-16-7-5-4-6-8-16/h9-11,13-14,16H,3-8,12H2,1-2H3,(H,25,26)(H,22,23,24). The van der Waals surface area contributed by atoms with E-state index >= 15 is 0 Å². The normalized spacial score (nSPS) is 14.8. The topological polar surface area (TPSA) is 66.9 Å². The lowest BCUT2D eigenvalue weighted by Gasteiger charge is -2.21.